The summed E-state index contributed by atoms with van der Waals surface area (Å²) in [6.07, 6.45) is 0.961. The third kappa shape index (κ3) is 8.11. The number of anilines is 1. The fraction of sp³-hybridized carbons (Fsp3) is 0.391. The maximum absolute atomic E-state index is 12.6. The van der Waals surface area contributed by atoms with Crippen molar-refractivity contribution in [3.8, 4) is 11.5 Å². The highest BCUT2D eigenvalue weighted by molar-refractivity contribution is 7.80. The van der Waals surface area contributed by atoms with E-state index in [4.69, 9.17) is 21.7 Å². The molecule has 0 saturated heterocycles. The van der Waals surface area contributed by atoms with Gasteiger partial charge in [0.1, 0.15) is 11.5 Å². The van der Waals surface area contributed by atoms with Gasteiger partial charge in [-0.2, -0.15) is 0 Å². The standard InChI is InChI=1S/C23H30N2O3S/c1-16(2)12-13-27-19-9-7-8-18(14-19)22(26)25-23(29)24-20-10-5-6-11-21(20)28-15-17(3)4/h5-11,14,16-17H,12-13,15H2,1-4H3,(H2,24,25,26,29). The molecule has 0 bridgehead atoms. The number of carbonyl (C=O) groups is 1. The van der Waals surface area contributed by atoms with E-state index in [0.29, 0.717) is 47.8 Å². The molecule has 0 spiro atoms. The largest absolute Gasteiger partial charge is 0.494 e. The zero-order valence-electron chi connectivity index (χ0n) is 17.5. The van der Waals surface area contributed by atoms with E-state index in [9.17, 15) is 4.79 Å². The van der Waals surface area contributed by atoms with Crippen LogP contribution in [0.2, 0.25) is 0 Å². The van der Waals surface area contributed by atoms with Gasteiger partial charge in [-0.15, -0.1) is 0 Å². The number of rotatable bonds is 9. The Morgan fingerprint density at radius 2 is 1.76 bits per heavy atom. The summed E-state index contributed by atoms with van der Waals surface area (Å²) in [4.78, 5) is 12.6. The van der Waals surface area contributed by atoms with Crippen molar-refractivity contribution >= 4 is 28.9 Å². The maximum Gasteiger partial charge on any atom is 0.257 e. The van der Waals surface area contributed by atoms with E-state index in [1.54, 1.807) is 18.2 Å². The normalized spacial score (nSPS) is 10.7. The molecule has 2 rings (SSSR count). The minimum Gasteiger partial charge on any atom is -0.494 e. The molecular formula is C23H30N2O3S. The second kappa shape index (κ2) is 11.4. The van der Waals surface area contributed by atoms with Crippen LogP contribution >= 0.6 is 12.2 Å². The fourth-order valence-corrected chi connectivity index (χ4v) is 2.62. The van der Waals surface area contributed by atoms with E-state index in [1.807, 2.05) is 30.3 Å². The highest BCUT2D eigenvalue weighted by atomic mass is 32.1. The average molecular weight is 415 g/mol. The van der Waals surface area contributed by atoms with Gasteiger partial charge in [-0.1, -0.05) is 45.9 Å². The third-order valence-electron chi connectivity index (χ3n) is 3.99. The van der Waals surface area contributed by atoms with Gasteiger partial charge in [0.25, 0.3) is 5.91 Å². The van der Waals surface area contributed by atoms with Crippen molar-refractivity contribution in [1.82, 2.24) is 5.32 Å². The zero-order valence-corrected chi connectivity index (χ0v) is 18.3. The topological polar surface area (TPSA) is 59.6 Å². The maximum atomic E-state index is 12.6. The summed E-state index contributed by atoms with van der Waals surface area (Å²) in [5.41, 5.74) is 1.20. The van der Waals surface area contributed by atoms with Crippen molar-refractivity contribution in [2.75, 3.05) is 18.5 Å². The van der Waals surface area contributed by atoms with Crippen LogP contribution < -0.4 is 20.1 Å². The Kier molecular flexibility index (Phi) is 8.93. The van der Waals surface area contributed by atoms with E-state index in [0.717, 1.165) is 6.42 Å². The molecule has 0 aromatic heterocycles. The first-order chi connectivity index (χ1) is 13.8. The first kappa shape index (κ1) is 22.7. The first-order valence-electron chi connectivity index (χ1n) is 9.92. The number of benzene rings is 2. The van der Waals surface area contributed by atoms with Crippen LogP contribution in [0, 0.1) is 11.8 Å². The third-order valence-corrected chi connectivity index (χ3v) is 4.20. The lowest BCUT2D eigenvalue weighted by molar-refractivity contribution is 0.0977. The van der Waals surface area contributed by atoms with Gasteiger partial charge >= 0.3 is 0 Å². The van der Waals surface area contributed by atoms with Gasteiger partial charge in [0.05, 0.1) is 18.9 Å². The molecule has 2 aromatic carbocycles. The number of carbonyl (C=O) groups excluding carboxylic acids is 1. The first-order valence-corrected chi connectivity index (χ1v) is 10.3. The summed E-state index contributed by atoms with van der Waals surface area (Å²) in [5, 5.41) is 5.96. The number of amides is 1. The molecule has 2 N–H and O–H groups in total. The zero-order chi connectivity index (χ0) is 21.2. The SMILES string of the molecule is CC(C)CCOc1cccc(C(=O)NC(=S)Nc2ccccc2OCC(C)C)c1. The highest BCUT2D eigenvalue weighted by Crippen LogP contribution is 2.24. The molecule has 0 aliphatic carbocycles. The number of thiocarbonyl (C=S) groups is 1. The molecule has 156 valence electrons. The Morgan fingerprint density at radius 1 is 1.00 bits per heavy atom. The Hall–Kier alpha value is -2.60. The van der Waals surface area contributed by atoms with Crippen LogP contribution in [0.1, 0.15) is 44.5 Å². The summed E-state index contributed by atoms with van der Waals surface area (Å²) in [7, 11) is 0. The molecular weight excluding hydrogens is 384 g/mol. The van der Waals surface area contributed by atoms with E-state index in [2.05, 4.69) is 38.3 Å². The predicted molar refractivity (Wildman–Crippen MR) is 122 cm³/mol. The van der Waals surface area contributed by atoms with E-state index >= 15 is 0 Å². The molecule has 0 heterocycles. The number of para-hydroxylation sites is 2. The molecule has 6 heteroatoms. The summed E-state index contributed by atoms with van der Waals surface area (Å²) in [6.45, 7) is 9.68. The molecule has 0 radical (unpaired) electrons. The molecule has 5 nitrogen and oxygen atoms in total. The number of nitrogens with one attached hydrogen (secondary N) is 2. The van der Waals surface area contributed by atoms with Crippen molar-refractivity contribution < 1.29 is 14.3 Å². The van der Waals surface area contributed by atoms with Gasteiger partial charge in [0.2, 0.25) is 0 Å². The lowest BCUT2D eigenvalue weighted by atomic mass is 10.1. The van der Waals surface area contributed by atoms with Crippen molar-refractivity contribution in [1.29, 1.82) is 0 Å². The lowest BCUT2D eigenvalue weighted by Gasteiger charge is -2.15. The minimum absolute atomic E-state index is 0.210. The van der Waals surface area contributed by atoms with Crippen molar-refractivity contribution in [3.63, 3.8) is 0 Å². The van der Waals surface area contributed by atoms with E-state index in [1.165, 1.54) is 0 Å². The minimum atomic E-state index is -0.294. The number of hydrogen-bond acceptors (Lipinski definition) is 4. The van der Waals surface area contributed by atoms with Crippen LogP contribution in [0.3, 0.4) is 0 Å². The van der Waals surface area contributed by atoms with E-state index in [-0.39, 0.29) is 11.0 Å². The van der Waals surface area contributed by atoms with Gasteiger partial charge in [0, 0.05) is 5.56 Å². The second-order valence-electron chi connectivity index (χ2n) is 7.67. The molecule has 2 aromatic rings. The second-order valence-corrected chi connectivity index (χ2v) is 8.08. The average Bonchev–Trinajstić information content (AvgIpc) is 2.67. The molecule has 1 amide bonds. The molecule has 0 aliphatic heterocycles. The van der Waals surface area contributed by atoms with Crippen LogP contribution in [0.5, 0.6) is 11.5 Å². The van der Waals surface area contributed by atoms with Gasteiger partial charge in [-0.3, -0.25) is 10.1 Å². The van der Waals surface area contributed by atoms with Crippen LogP contribution in [-0.2, 0) is 0 Å². The Balaban J connectivity index is 1.95. The molecule has 0 saturated carbocycles. The quantitative estimate of drug-likeness (QED) is 0.547. The summed E-state index contributed by atoms with van der Waals surface area (Å²) >= 11 is 5.31. The predicted octanol–water partition coefficient (Wildman–Crippen LogP) is 5.27. The smallest absolute Gasteiger partial charge is 0.257 e. The van der Waals surface area contributed by atoms with E-state index < -0.39 is 0 Å². The van der Waals surface area contributed by atoms with Crippen LogP contribution in [0.4, 0.5) is 5.69 Å². The van der Waals surface area contributed by atoms with Crippen LogP contribution in [-0.4, -0.2) is 24.2 Å². The van der Waals surface area contributed by atoms with Gasteiger partial charge < -0.3 is 14.8 Å². The van der Waals surface area contributed by atoms with Crippen molar-refractivity contribution in [3.05, 3.63) is 54.1 Å². The van der Waals surface area contributed by atoms with Crippen molar-refractivity contribution in [2.45, 2.75) is 34.1 Å². The number of hydrogen-bond donors (Lipinski definition) is 2. The molecule has 29 heavy (non-hydrogen) atoms. The fourth-order valence-electron chi connectivity index (χ4n) is 2.42. The Labute approximate surface area is 178 Å². The Bertz CT molecular complexity index is 821. The summed E-state index contributed by atoms with van der Waals surface area (Å²) in [5.74, 6) is 2.04. The molecule has 0 aliphatic rings. The van der Waals surface area contributed by atoms with Crippen LogP contribution in [0.25, 0.3) is 0 Å². The van der Waals surface area contributed by atoms with Crippen LogP contribution in [0.15, 0.2) is 48.5 Å². The lowest BCUT2D eigenvalue weighted by Crippen LogP contribution is -2.34. The molecule has 0 fully saturated rings. The molecule has 0 atom stereocenters. The summed E-state index contributed by atoms with van der Waals surface area (Å²) < 4.78 is 11.5. The van der Waals surface area contributed by atoms with Gasteiger partial charge in [0.15, 0.2) is 5.11 Å². The summed E-state index contributed by atoms with van der Waals surface area (Å²) in [6, 6.07) is 14.6. The monoisotopic (exact) mass is 414 g/mol. The van der Waals surface area contributed by atoms with Gasteiger partial charge in [-0.25, -0.2) is 0 Å². The Morgan fingerprint density at radius 3 is 2.48 bits per heavy atom. The number of ether oxygens (including phenoxy) is 2. The molecule has 0 unspecified atom stereocenters. The highest BCUT2D eigenvalue weighted by Gasteiger charge is 2.11. The van der Waals surface area contributed by atoms with Gasteiger partial charge in [-0.05, 0) is 60.8 Å². The van der Waals surface area contributed by atoms with Crippen molar-refractivity contribution in [2.24, 2.45) is 11.8 Å².